The highest BCUT2D eigenvalue weighted by molar-refractivity contribution is 6.04. The number of para-hydroxylation sites is 2. The minimum atomic E-state index is -0.888. The van der Waals surface area contributed by atoms with Crippen molar-refractivity contribution in [3.05, 3.63) is 59.9 Å². The molecule has 6 heteroatoms. The predicted molar refractivity (Wildman–Crippen MR) is 103 cm³/mol. The fourth-order valence-electron chi connectivity index (χ4n) is 2.43. The van der Waals surface area contributed by atoms with Crippen LogP contribution in [-0.2, 0) is 4.79 Å². The second-order valence-corrected chi connectivity index (χ2v) is 7.18. The largest absolute Gasteiger partial charge is 0.478 e. The molecule has 2 rings (SSSR count). The van der Waals surface area contributed by atoms with Crippen LogP contribution in [0.5, 0.6) is 5.75 Å². The number of nitrogens with one attached hydrogen (secondary N) is 2. The first-order valence-corrected chi connectivity index (χ1v) is 8.85. The molecule has 0 saturated heterocycles. The minimum Gasteiger partial charge on any atom is -0.478 e. The lowest BCUT2D eigenvalue weighted by atomic mass is 10.1. The van der Waals surface area contributed by atoms with Crippen molar-refractivity contribution in [2.75, 3.05) is 5.32 Å². The molecule has 0 aliphatic rings. The van der Waals surface area contributed by atoms with Crippen LogP contribution < -0.4 is 15.4 Å². The second-order valence-electron chi connectivity index (χ2n) is 7.18. The van der Waals surface area contributed by atoms with Crippen LogP contribution in [0.25, 0.3) is 0 Å². The SMILES string of the molecule is CC[C@H](Oc1ccccc1F)C(=O)Nc1ccccc1C(=O)NC(C)(C)C. The van der Waals surface area contributed by atoms with Crippen molar-refractivity contribution in [3.8, 4) is 5.75 Å². The summed E-state index contributed by atoms with van der Waals surface area (Å²) in [7, 11) is 0. The summed E-state index contributed by atoms with van der Waals surface area (Å²) in [5, 5.41) is 5.59. The number of rotatable bonds is 6. The molecule has 2 aromatic rings. The third-order valence-electron chi connectivity index (χ3n) is 3.69. The van der Waals surface area contributed by atoms with Crippen LogP contribution in [0.4, 0.5) is 10.1 Å². The van der Waals surface area contributed by atoms with Crippen molar-refractivity contribution in [2.24, 2.45) is 0 Å². The van der Waals surface area contributed by atoms with Crippen LogP contribution in [0.3, 0.4) is 0 Å². The topological polar surface area (TPSA) is 67.4 Å². The maximum absolute atomic E-state index is 13.8. The number of ether oxygens (including phenoxy) is 1. The van der Waals surface area contributed by atoms with Crippen molar-refractivity contribution in [1.82, 2.24) is 5.32 Å². The summed E-state index contributed by atoms with van der Waals surface area (Å²) in [5.74, 6) is -1.26. The van der Waals surface area contributed by atoms with Gasteiger partial charge in [0.05, 0.1) is 11.3 Å². The molecule has 2 N–H and O–H groups in total. The molecule has 27 heavy (non-hydrogen) atoms. The number of benzene rings is 2. The number of carbonyl (C=O) groups excluding carboxylic acids is 2. The van der Waals surface area contributed by atoms with Gasteiger partial charge in [0.25, 0.3) is 11.8 Å². The molecule has 0 bridgehead atoms. The zero-order chi connectivity index (χ0) is 20.0. The first-order chi connectivity index (χ1) is 12.7. The van der Waals surface area contributed by atoms with E-state index in [1.807, 2.05) is 20.8 Å². The maximum atomic E-state index is 13.8. The summed E-state index contributed by atoms with van der Waals surface area (Å²) in [6, 6.07) is 12.6. The van der Waals surface area contributed by atoms with Gasteiger partial charge in [0, 0.05) is 5.54 Å². The molecule has 2 aromatic carbocycles. The van der Waals surface area contributed by atoms with Gasteiger partial charge in [-0.1, -0.05) is 31.2 Å². The summed E-state index contributed by atoms with van der Waals surface area (Å²) in [6.45, 7) is 7.40. The third kappa shape index (κ3) is 5.81. The van der Waals surface area contributed by atoms with Gasteiger partial charge in [0.1, 0.15) is 0 Å². The lowest BCUT2D eigenvalue weighted by molar-refractivity contribution is -0.122. The van der Waals surface area contributed by atoms with E-state index < -0.39 is 23.4 Å². The van der Waals surface area contributed by atoms with Crippen LogP contribution >= 0.6 is 0 Å². The second kappa shape index (κ2) is 8.66. The number of anilines is 1. The Morgan fingerprint density at radius 3 is 2.33 bits per heavy atom. The van der Waals surface area contributed by atoms with E-state index in [1.54, 1.807) is 43.3 Å². The molecule has 1 atom stereocenters. The van der Waals surface area contributed by atoms with E-state index in [9.17, 15) is 14.0 Å². The summed E-state index contributed by atoms with van der Waals surface area (Å²) in [6.07, 6.45) is -0.545. The molecular weight excluding hydrogens is 347 g/mol. The fraction of sp³-hybridized carbons (Fsp3) is 0.333. The van der Waals surface area contributed by atoms with Crippen LogP contribution in [-0.4, -0.2) is 23.5 Å². The summed E-state index contributed by atoms with van der Waals surface area (Å²) >= 11 is 0. The number of amides is 2. The van der Waals surface area contributed by atoms with Crippen LogP contribution in [0.1, 0.15) is 44.5 Å². The van der Waals surface area contributed by atoms with Gasteiger partial charge in [-0.05, 0) is 51.5 Å². The summed E-state index contributed by atoms with van der Waals surface area (Å²) in [5.41, 5.74) is 0.315. The van der Waals surface area contributed by atoms with Crippen molar-refractivity contribution in [2.45, 2.75) is 45.8 Å². The van der Waals surface area contributed by atoms with E-state index >= 15 is 0 Å². The fourth-order valence-corrected chi connectivity index (χ4v) is 2.43. The lowest BCUT2D eigenvalue weighted by Crippen LogP contribution is -2.41. The minimum absolute atomic E-state index is 0.0123. The summed E-state index contributed by atoms with van der Waals surface area (Å²) < 4.78 is 19.3. The zero-order valence-corrected chi connectivity index (χ0v) is 16.0. The van der Waals surface area contributed by atoms with Gasteiger partial charge in [0.2, 0.25) is 0 Å². The van der Waals surface area contributed by atoms with Crippen LogP contribution in [0.15, 0.2) is 48.5 Å². The molecule has 0 aromatic heterocycles. The first-order valence-electron chi connectivity index (χ1n) is 8.85. The van der Waals surface area contributed by atoms with Crippen molar-refractivity contribution >= 4 is 17.5 Å². The van der Waals surface area contributed by atoms with E-state index in [0.29, 0.717) is 17.7 Å². The van der Waals surface area contributed by atoms with Gasteiger partial charge >= 0.3 is 0 Å². The molecular formula is C21H25FN2O3. The van der Waals surface area contributed by atoms with Crippen LogP contribution in [0.2, 0.25) is 0 Å². The van der Waals surface area contributed by atoms with Gasteiger partial charge in [-0.25, -0.2) is 4.39 Å². The Labute approximate surface area is 158 Å². The molecule has 0 saturated carbocycles. The van der Waals surface area contributed by atoms with E-state index in [0.717, 1.165) is 0 Å². The Hall–Kier alpha value is -2.89. The average Bonchev–Trinajstić information content (AvgIpc) is 2.60. The zero-order valence-electron chi connectivity index (χ0n) is 16.0. The first kappa shape index (κ1) is 20.4. The van der Waals surface area contributed by atoms with Gasteiger partial charge in [-0.3, -0.25) is 9.59 Å². The molecule has 0 heterocycles. The molecule has 0 aliphatic carbocycles. The molecule has 0 spiro atoms. The molecule has 0 unspecified atom stereocenters. The third-order valence-corrected chi connectivity index (χ3v) is 3.69. The van der Waals surface area contributed by atoms with Crippen LogP contribution in [0, 0.1) is 5.82 Å². The van der Waals surface area contributed by atoms with Gasteiger partial charge < -0.3 is 15.4 Å². The van der Waals surface area contributed by atoms with E-state index in [-0.39, 0.29) is 11.7 Å². The van der Waals surface area contributed by atoms with E-state index in [4.69, 9.17) is 4.74 Å². The molecule has 0 fully saturated rings. The van der Waals surface area contributed by atoms with Gasteiger partial charge in [0.15, 0.2) is 17.7 Å². The summed E-state index contributed by atoms with van der Waals surface area (Å²) in [4.78, 5) is 25.1. The standard InChI is InChI=1S/C21H25FN2O3/c1-5-17(27-18-13-9-7-11-15(18)22)20(26)23-16-12-8-6-10-14(16)19(25)24-21(2,3)4/h6-13,17H,5H2,1-4H3,(H,23,26)(H,24,25)/t17-/m0/s1. The average molecular weight is 372 g/mol. The van der Waals surface area contributed by atoms with Crippen molar-refractivity contribution in [3.63, 3.8) is 0 Å². The van der Waals surface area contributed by atoms with Gasteiger partial charge in [-0.2, -0.15) is 0 Å². The monoisotopic (exact) mass is 372 g/mol. The Morgan fingerprint density at radius 2 is 1.70 bits per heavy atom. The van der Waals surface area contributed by atoms with Crippen molar-refractivity contribution in [1.29, 1.82) is 0 Å². The Morgan fingerprint density at radius 1 is 1.07 bits per heavy atom. The predicted octanol–water partition coefficient (Wildman–Crippen LogP) is 4.15. The Bertz CT molecular complexity index is 815. The molecule has 5 nitrogen and oxygen atoms in total. The number of hydrogen-bond acceptors (Lipinski definition) is 3. The quantitative estimate of drug-likeness (QED) is 0.800. The number of hydrogen-bond donors (Lipinski definition) is 2. The number of halogens is 1. The van der Waals surface area contributed by atoms with E-state index in [1.165, 1.54) is 12.1 Å². The van der Waals surface area contributed by atoms with Gasteiger partial charge in [-0.15, -0.1) is 0 Å². The smallest absolute Gasteiger partial charge is 0.265 e. The highest BCUT2D eigenvalue weighted by Crippen LogP contribution is 2.20. The molecule has 0 radical (unpaired) electrons. The molecule has 2 amide bonds. The highest BCUT2D eigenvalue weighted by Gasteiger charge is 2.23. The maximum Gasteiger partial charge on any atom is 0.265 e. The molecule has 144 valence electrons. The lowest BCUT2D eigenvalue weighted by Gasteiger charge is -2.22. The normalized spacial score (nSPS) is 12.2. The van der Waals surface area contributed by atoms with Crippen molar-refractivity contribution < 1.29 is 18.7 Å². The Balaban J connectivity index is 2.17. The highest BCUT2D eigenvalue weighted by atomic mass is 19.1. The Kier molecular flexibility index (Phi) is 6.55. The number of carbonyl (C=O) groups is 2. The molecule has 0 aliphatic heterocycles. The van der Waals surface area contributed by atoms with E-state index in [2.05, 4.69) is 10.6 Å².